The summed E-state index contributed by atoms with van der Waals surface area (Å²) in [7, 11) is 1.92. The molecular weight excluding hydrogens is 200 g/mol. The van der Waals surface area contributed by atoms with E-state index >= 15 is 0 Å². The fourth-order valence-electron chi connectivity index (χ4n) is 1.97. The van der Waals surface area contributed by atoms with Crippen LogP contribution in [-0.2, 0) is 7.05 Å². The van der Waals surface area contributed by atoms with Crippen molar-refractivity contribution in [3.8, 4) is 0 Å². The largest absolute Gasteiger partial charge is 0.394 e. The normalized spacial score (nSPS) is 11.8. The summed E-state index contributed by atoms with van der Waals surface area (Å²) in [6.07, 6.45) is 2.41. The van der Waals surface area contributed by atoms with Crippen LogP contribution in [0.5, 0.6) is 0 Å². The first-order chi connectivity index (χ1) is 7.37. The summed E-state index contributed by atoms with van der Waals surface area (Å²) in [4.78, 5) is 0. The molecule has 0 saturated heterocycles. The van der Waals surface area contributed by atoms with Gasteiger partial charge in [-0.2, -0.15) is 5.10 Å². The first-order valence-electron chi connectivity index (χ1n) is 5.90. The number of hydrogen-bond acceptors (Lipinski definition) is 3. The summed E-state index contributed by atoms with van der Waals surface area (Å²) in [5, 5.41) is 7.69. The van der Waals surface area contributed by atoms with Gasteiger partial charge in [0.2, 0.25) is 0 Å². The molecule has 0 spiro atoms. The van der Waals surface area contributed by atoms with E-state index in [4.69, 9.17) is 5.73 Å². The van der Waals surface area contributed by atoms with Crippen LogP contribution in [0.4, 0.5) is 11.5 Å². The Morgan fingerprint density at radius 1 is 1.44 bits per heavy atom. The monoisotopic (exact) mass is 224 g/mol. The second-order valence-corrected chi connectivity index (χ2v) is 5.24. The molecule has 1 aromatic rings. The van der Waals surface area contributed by atoms with Gasteiger partial charge in [0.05, 0.1) is 11.4 Å². The van der Waals surface area contributed by atoms with Crippen molar-refractivity contribution in [2.75, 3.05) is 17.6 Å². The van der Waals surface area contributed by atoms with E-state index in [9.17, 15) is 0 Å². The number of nitrogens with two attached hydrogens (primary N) is 1. The summed E-state index contributed by atoms with van der Waals surface area (Å²) in [6, 6.07) is 0. The first-order valence-corrected chi connectivity index (χ1v) is 5.90. The lowest BCUT2D eigenvalue weighted by atomic mass is 9.88. The molecule has 0 atom stereocenters. The number of nitrogen functional groups attached to an aromatic ring is 1. The van der Waals surface area contributed by atoms with Gasteiger partial charge in [0.15, 0.2) is 0 Å². The highest BCUT2D eigenvalue weighted by Crippen LogP contribution is 2.26. The van der Waals surface area contributed by atoms with Gasteiger partial charge in [-0.15, -0.1) is 0 Å². The Balaban J connectivity index is 2.67. The van der Waals surface area contributed by atoms with E-state index < -0.39 is 0 Å². The van der Waals surface area contributed by atoms with Crippen molar-refractivity contribution >= 4 is 11.5 Å². The van der Waals surface area contributed by atoms with E-state index in [0.717, 1.165) is 23.7 Å². The number of aromatic nitrogens is 2. The Labute approximate surface area is 98.2 Å². The van der Waals surface area contributed by atoms with Crippen LogP contribution in [0.2, 0.25) is 0 Å². The highest BCUT2D eigenvalue weighted by Gasteiger charge is 2.18. The van der Waals surface area contributed by atoms with Crippen LogP contribution in [0, 0.1) is 12.3 Å². The summed E-state index contributed by atoms with van der Waals surface area (Å²) in [6.45, 7) is 9.60. The van der Waals surface area contributed by atoms with Crippen molar-refractivity contribution in [1.82, 2.24) is 9.78 Å². The molecule has 0 unspecified atom stereocenters. The summed E-state index contributed by atoms with van der Waals surface area (Å²) in [5.41, 5.74) is 7.90. The van der Waals surface area contributed by atoms with E-state index in [1.54, 1.807) is 0 Å². The third-order valence-electron chi connectivity index (χ3n) is 2.93. The van der Waals surface area contributed by atoms with Crippen molar-refractivity contribution < 1.29 is 0 Å². The molecule has 0 aliphatic carbocycles. The lowest BCUT2D eigenvalue weighted by molar-refractivity contribution is 0.354. The molecule has 0 fully saturated rings. The van der Waals surface area contributed by atoms with Crippen molar-refractivity contribution in [2.45, 2.75) is 40.5 Å². The van der Waals surface area contributed by atoms with E-state index in [-0.39, 0.29) is 0 Å². The fraction of sp³-hybridized carbons (Fsp3) is 0.750. The molecule has 0 aliphatic heterocycles. The molecule has 4 heteroatoms. The Morgan fingerprint density at radius 2 is 2.06 bits per heavy atom. The van der Waals surface area contributed by atoms with Gasteiger partial charge in [-0.25, -0.2) is 0 Å². The van der Waals surface area contributed by atoms with Crippen LogP contribution in [0.25, 0.3) is 0 Å². The van der Waals surface area contributed by atoms with Gasteiger partial charge in [0, 0.05) is 13.6 Å². The van der Waals surface area contributed by atoms with Crippen LogP contribution < -0.4 is 11.1 Å². The molecule has 0 saturated carbocycles. The molecule has 0 bridgehead atoms. The number of nitrogens with one attached hydrogen (secondary N) is 1. The average Bonchev–Trinajstić information content (AvgIpc) is 2.39. The molecule has 0 aliphatic rings. The Hall–Kier alpha value is -1.19. The van der Waals surface area contributed by atoms with Gasteiger partial charge in [-0.05, 0) is 18.8 Å². The number of nitrogens with zero attached hydrogens (tertiary/aromatic N) is 2. The molecule has 0 radical (unpaired) electrons. The predicted octanol–water partition coefficient (Wildman–Crippen LogP) is 2.55. The zero-order valence-corrected chi connectivity index (χ0v) is 11.1. The second kappa shape index (κ2) is 4.76. The maximum absolute atomic E-state index is 5.96. The standard InChI is InChI=1S/C12H24N4/c1-6-7-12(3,4)8-14-11-10(13)9(2)15-16(11)5/h14H,6-8,13H2,1-5H3. The van der Waals surface area contributed by atoms with Gasteiger partial charge in [-0.1, -0.05) is 27.2 Å². The van der Waals surface area contributed by atoms with Gasteiger partial charge in [0.1, 0.15) is 5.82 Å². The summed E-state index contributed by atoms with van der Waals surface area (Å²) in [5.74, 6) is 0.932. The van der Waals surface area contributed by atoms with Crippen molar-refractivity contribution in [3.63, 3.8) is 0 Å². The van der Waals surface area contributed by atoms with Crippen molar-refractivity contribution in [3.05, 3.63) is 5.69 Å². The lowest BCUT2D eigenvalue weighted by Gasteiger charge is -2.25. The van der Waals surface area contributed by atoms with E-state index in [2.05, 4.69) is 31.2 Å². The lowest BCUT2D eigenvalue weighted by Crippen LogP contribution is -2.24. The minimum absolute atomic E-state index is 0.291. The smallest absolute Gasteiger partial charge is 0.147 e. The van der Waals surface area contributed by atoms with Crippen molar-refractivity contribution in [2.24, 2.45) is 12.5 Å². The van der Waals surface area contributed by atoms with Crippen LogP contribution in [-0.4, -0.2) is 16.3 Å². The zero-order chi connectivity index (χ0) is 12.3. The van der Waals surface area contributed by atoms with Crippen LogP contribution in [0.15, 0.2) is 0 Å². The van der Waals surface area contributed by atoms with Gasteiger partial charge in [-0.3, -0.25) is 4.68 Å². The Kier molecular flexibility index (Phi) is 3.83. The molecule has 4 nitrogen and oxygen atoms in total. The molecule has 3 N–H and O–H groups in total. The zero-order valence-electron chi connectivity index (χ0n) is 11.1. The number of hydrogen-bond donors (Lipinski definition) is 2. The number of rotatable bonds is 5. The predicted molar refractivity (Wildman–Crippen MR) is 69.5 cm³/mol. The second-order valence-electron chi connectivity index (χ2n) is 5.24. The number of aryl methyl sites for hydroxylation is 2. The molecular formula is C12H24N4. The third kappa shape index (κ3) is 2.90. The highest BCUT2D eigenvalue weighted by molar-refractivity contribution is 5.64. The minimum Gasteiger partial charge on any atom is -0.394 e. The van der Waals surface area contributed by atoms with Gasteiger partial charge >= 0.3 is 0 Å². The molecule has 16 heavy (non-hydrogen) atoms. The summed E-state index contributed by atoms with van der Waals surface area (Å²) >= 11 is 0. The van der Waals surface area contributed by atoms with Crippen LogP contribution >= 0.6 is 0 Å². The van der Waals surface area contributed by atoms with Crippen LogP contribution in [0.3, 0.4) is 0 Å². The maximum atomic E-state index is 5.96. The Morgan fingerprint density at radius 3 is 2.50 bits per heavy atom. The SMILES string of the molecule is CCCC(C)(C)CNc1c(N)c(C)nn1C. The van der Waals surface area contributed by atoms with E-state index in [0.29, 0.717) is 5.41 Å². The average molecular weight is 224 g/mol. The molecule has 1 heterocycles. The maximum Gasteiger partial charge on any atom is 0.147 e. The number of anilines is 2. The first kappa shape index (κ1) is 12.9. The third-order valence-corrected chi connectivity index (χ3v) is 2.93. The molecule has 92 valence electrons. The Bertz CT molecular complexity index is 352. The van der Waals surface area contributed by atoms with E-state index in [1.807, 2.05) is 18.7 Å². The molecule has 0 amide bonds. The minimum atomic E-state index is 0.291. The summed E-state index contributed by atoms with van der Waals surface area (Å²) < 4.78 is 1.81. The molecule has 1 rings (SSSR count). The highest BCUT2D eigenvalue weighted by atomic mass is 15.3. The fourth-order valence-corrected chi connectivity index (χ4v) is 1.97. The topological polar surface area (TPSA) is 55.9 Å². The quantitative estimate of drug-likeness (QED) is 0.808. The van der Waals surface area contributed by atoms with Gasteiger partial charge < -0.3 is 11.1 Å². The van der Waals surface area contributed by atoms with Crippen LogP contribution in [0.1, 0.15) is 39.3 Å². The van der Waals surface area contributed by atoms with E-state index in [1.165, 1.54) is 12.8 Å². The molecule has 0 aromatic carbocycles. The van der Waals surface area contributed by atoms with Gasteiger partial charge in [0.25, 0.3) is 0 Å². The van der Waals surface area contributed by atoms with Crippen molar-refractivity contribution in [1.29, 1.82) is 0 Å². The molecule has 1 aromatic heterocycles.